The van der Waals surface area contributed by atoms with Crippen molar-refractivity contribution in [3.05, 3.63) is 29.8 Å². The maximum atomic E-state index is 12.1. The summed E-state index contributed by atoms with van der Waals surface area (Å²) in [5.41, 5.74) is 6.16. The number of hydrogen-bond acceptors (Lipinski definition) is 4. The summed E-state index contributed by atoms with van der Waals surface area (Å²) in [6.45, 7) is 3.64. The van der Waals surface area contributed by atoms with E-state index in [-0.39, 0.29) is 11.7 Å². The molecule has 4 N–H and O–H groups in total. The van der Waals surface area contributed by atoms with Gasteiger partial charge in [-0.15, -0.1) is 0 Å². The molecule has 0 saturated carbocycles. The average molecular weight is 279 g/mol. The van der Waals surface area contributed by atoms with Crippen molar-refractivity contribution >= 4 is 17.4 Å². The predicted molar refractivity (Wildman–Crippen MR) is 77.9 cm³/mol. The molecule has 1 aromatic carbocycles. The van der Waals surface area contributed by atoms with Gasteiger partial charge in [0.25, 0.3) is 5.91 Å². The van der Waals surface area contributed by atoms with E-state index < -0.39 is 5.60 Å². The zero-order valence-electron chi connectivity index (χ0n) is 12.0. The highest BCUT2D eigenvalue weighted by Crippen LogP contribution is 2.18. The number of methoxy groups -OCH3 is 1. The smallest absolute Gasteiger partial charge is 0.256 e. The normalized spacial score (nSPS) is 14.7. The van der Waals surface area contributed by atoms with E-state index in [0.29, 0.717) is 18.5 Å². The molecule has 6 nitrogen and oxygen atoms in total. The lowest BCUT2D eigenvalue weighted by Gasteiger charge is -2.25. The van der Waals surface area contributed by atoms with Crippen LogP contribution in [0.5, 0.6) is 0 Å². The standard InChI is InChI=1S/C14H21N3O3/c1-4-14(2,20-3)13(18)16-11-7-5-10(6-8-11)9-12(15)17-19/h5-8,19H,4,9H2,1-3H3,(H2,15,17)(H,16,18). The highest BCUT2D eigenvalue weighted by molar-refractivity contribution is 5.97. The van der Waals surface area contributed by atoms with Crippen LogP contribution in [0.15, 0.2) is 29.4 Å². The highest BCUT2D eigenvalue weighted by atomic mass is 16.5. The lowest BCUT2D eigenvalue weighted by atomic mass is 10.0. The molecule has 0 bridgehead atoms. The number of hydrogen-bond donors (Lipinski definition) is 3. The molecule has 1 amide bonds. The van der Waals surface area contributed by atoms with Crippen LogP contribution in [0.1, 0.15) is 25.8 Å². The number of amides is 1. The Labute approximate surface area is 118 Å². The number of rotatable bonds is 6. The van der Waals surface area contributed by atoms with Crippen molar-refractivity contribution in [1.29, 1.82) is 0 Å². The van der Waals surface area contributed by atoms with Crippen LogP contribution < -0.4 is 11.1 Å². The number of anilines is 1. The van der Waals surface area contributed by atoms with Crippen molar-refractivity contribution < 1.29 is 14.7 Å². The van der Waals surface area contributed by atoms with E-state index in [9.17, 15) is 4.79 Å². The minimum Gasteiger partial charge on any atom is -0.409 e. The Balaban J connectivity index is 2.73. The molecule has 0 fully saturated rings. The van der Waals surface area contributed by atoms with Crippen molar-refractivity contribution in [2.75, 3.05) is 12.4 Å². The number of nitrogens with one attached hydrogen (secondary N) is 1. The second kappa shape index (κ2) is 6.91. The Morgan fingerprint density at radius 3 is 2.50 bits per heavy atom. The van der Waals surface area contributed by atoms with Crippen LogP contribution in [0.25, 0.3) is 0 Å². The van der Waals surface area contributed by atoms with Crippen molar-refractivity contribution in [1.82, 2.24) is 0 Å². The molecule has 1 rings (SSSR count). The van der Waals surface area contributed by atoms with Gasteiger partial charge >= 0.3 is 0 Å². The van der Waals surface area contributed by atoms with Gasteiger partial charge in [0.05, 0.1) is 0 Å². The van der Waals surface area contributed by atoms with E-state index in [0.717, 1.165) is 5.56 Å². The second-order valence-electron chi connectivity index (χ2n) is 4.71. The van der Waals surface area contributed by atoms with Gasteiger partial charge in [-0.25, -0.2) is 0 Å². The van der Waals surface area contributed by atoms with Gasteiger partial charge in [-0.2, -0.15) is 0 Å². The molecule has 1 atom stereocenters. The SMILES string of the molecule is CCC(C)(OC)C(=O)Nc1ccc(C/C(N)=N/O)cc1. The van der Waals surface area contributed by atoms with Crippen LogP contribution in [0.3, 0.4) is 0 Å². The summed E-state index contributed by atoms with van der Waals surface area (Å²) < 4.78 is 5.24. The monoisotopic (exact) mass is 279 g/mol. The van der Waals surface area contributed by atoms with Crippen LogP contribution in [0.4, 0.5) is 5.69 Å². The molecule has 20 heavy (non-hydrogen) atoms. The average Bonchev–Trinajstić information content (AvgIpc) is 2.48. The molecule has 0 spiro atoms. The first-order valence-corrected chi connectivity index (χ1v) is 6.37. The topological polar surface area (TPSA) is 96.9 Å². The van der Waals surface area contributed by atoms with Crippen molar-refractivity contribution in [2.24, 2.45) is 10.9 Å². The summed E-state index contributed by atoms with van der Waals surface area (Å²) in [6.07, 6.45) is 0.937. The van der Waals surface area contributed by atoms with Gasteiger partial charge in [-0.3, -0.25) is 4.79 Å². The van der Waals surface area contributed by atoms with E-state index in [2.05, 4.69) is 10.5 Å². The van der Waals surface area contributed by atoms with Crippen LogP contribution in [-0.4, -0.2) is 29.7 Å². The van der Waals surface area contributed by atoms with E-state index >= 15 is 0 Å². The Kier molecular flexibility index (Phi) is 5.52. The van der Waals surface area contributed by atoms with Crippen LogP contribution in [0.2, 0.25) is 0 Å². The number of amidine groups is 1. The molecular formula is C14H21N3O3. The molecular weight excluding hydrogens is 258 g/mol. The molecule has 0 heterocycles. The van der Waals surface area contributed by atoms with E-state index in [4.69, 9.17) is 15.7 Å². The number of carbonyl (C=O) groups is 1. The Morgan fingerprint density at radius 1 is 1.45 bits per heavy atom. The third-order valence-corrected chi connectivity index (χ3v) is 3.33. The molecule has 0 radical (unpaired) electrons. The molecule has 0 aliphatic carbocycles. The first-order valence-electron chi connectivity index (χ1n) is 6.37. The third kappa shape index (κ3) is 3.96. The quantitative estimate of drug-likeness (QED) is 0.320. The molecule has 0 saturated heterocycles. The molecule has 6 heteroatoms. The van der Waals surface area contributed by atoms with E-state index in [1.165, 1.54) is 7.11 Å². The van der Waals surface area contributed by atoms with Gasteiger partial charge in [-0.1, -0.05) is 24.2 Å². The Hall–Kier alpha value is -2.08. The zero-order chi connectivity index (χ0) is 15.2. The predicted octanol–water partition coefficient (Wildman–Crippen LogP) is 1.73. The van der Waals surface area contributed by atoms with Gasteiger partial charge in [0.1, 0.15) is 11.4 Å². The van der Waals surface area contributed by atoms with Crippen LogP contribution in [0, 0.1) is 0 Å². The van der Waals surface area contributed by atoms with Gasteiger partial charge in [0.15, 0.2) is 0 Å². The first-order chi connectivity index (χ1) is 9.45. The van der Waals surface area contributed by atoms with E-state index in [1.54, 1.807) is 19.1 Å². The molecule has 0 aliphatic rings. The molecule has 0 aromatic heterocycles. The maximum Gasteiger partial charge on any atom is 0.256 e. The Morgan fingerprint density at radius 2 is 2.05 bits per heavy atom. The number of nitrogens with zero attached hydrogens (tertiary/aromatic N) is 1. The fourth-order valence-electron chi connectivity index (χ4n) is 1.61. The summed E-state index contributed by atoms with van der Waals surface area (Å²) in [5.74, 6) is -0.0496. The number of benzene rings is 1. The third-order valence-electron chi connectivity index (χ3n) is 3.33. The van der Waals surface area contributed by atoms with Gasteiger partial charge in [0, 0.05) is 19.2 Å². The van der Waals surface area contributed by atoms with Crippen molar-refractivity contribution in [2.45, 2.75) is 32.3 Å². The largest absolute Gasteiger partial charge is 0.409 e. The number of nitrogens with two attached hydrogens (primary N) is 1. The lowest BCUT2D eigenvalue weighted by Crippen LogP contribution is -2.41. The first kappa shape index (κ1) is 16.0. The number of ether oxygens (including phenoxy) is 1. The minimum atomic E-state index is -0.841. The Bertz CT molecular complexity index is 479. The fourth-order valence-corrected chi connectivity index (χ4v) is 1.61. The van der Waals surface area contributed by atoms with Crippen molar-refractivity contribution in [3.63, 3.8) is 0 Å². The van der Waals surface area contributed by atoms with Crippen molar-refractivity contribution in [3.8, 4) is 0 Å². The van der Waals surface area contributed by atoms with Gasteiger partial charge < -0.3 is 21.0 Å². The summed E-state index contributed by atoms with van der Waals surface area (Å²) in [5, 5.41) is 14.2. The zero-order valence-corrected chi connectivity index (χ0v) is 12.0. The summed E-state index contributed by atoms with van der Waals surface area (Å²) in [6, 6.07) is 7.15. The molecule has 1 aromatic rings. The van der Waals surface area contributed by atoms with Crippen LogP contribution >= 0.6 is 0 Å². The lowest BCUT2D eigenvalue weighted by molar-refractivity contribution is -0.136. The molecule has 1 unspecified atom stereocenters. The molecule has 0 aliphatic heterocycles. The summed E-state index contributed by atoms with van der Waals surface area (Å²) in [7, 11) is 1.52. The fraction of sp³-hybridized carbons (Fsp3) is 0.429. The maximum absolute atomic E-state index is 12.1. The van der Waals surface area contributed by atoms with Gasteiger partial charge in [-0.05, 0) is 31.0 Å². The highest BCUT2D eigenvalue weighted by Gasteiger charge is 2.30. The molecule has 110 valence electrons. The number of oxime groups is 1. The minimum absolute atomic E-state index is 0.139. The van der Waals surface area contributed by atoms with E-state index in [1.807, 2.05) is 19.1 Å². The number of carbonyl (C=O) groups excluding carboxylic acids is 1. The van der Waals surface area contributed by atoms with Gasteiger partial charge in [0.2, 0.25) is 0 Å². The summed E-state index contributed by atoms with van der Waals surface area (Å²) >= 11 is 0. The second-order valence-corrected chi connectivity index (χ2v) is 4.71. The van der Waals surface area contributed by atoms with Crippen LogP contribution in [-0.2, 0) is 16.0 Å². The summed E-state index contributed by atoms with van der Waals surface area (Å²) in [4.78, 5) is 12.1.